The lowest BCUT2D eigenvalue weighted by Gasteiger charge is -2.08. The fraction of sp³-hybridized carbons (Fsp3) is 0.118. The predicted molar refractivity (Wildman–Crippen MR) is 90.6 cm³/mol. The van der Waals surface area contributed by atoms with Gasteiger partial charge in [0.15, 0.2) is 0 Å². The van der Waals surface area contributed by atoms with Crippen LogP contribution in [0.1, 0.15) is 22.8 Å². The maximum atomic E-state index is 12.2. The maximum Gasteiger partial charge on any atom is 0.471 e. The van der Waals surface area contributed by atoms with E-state index in [1.54, 1.807) is 12.2 Å². The molecule has 0 aliphatic carbocycles. The molecule has 2 aromatic rings. The van der Waals surface area contributed by atoms with Crippen LogP contribution in [0.25, 0.3) is 0 Å². The minimum absolute atomic E-state index is 0.0192. The Hall–Kier alpha value is -3.56. The number of halogens is 3. The van der Waals surface area contributed by atoms with Gasteiger partial charge in [0, 0.05) is 17.3 Å². The first-order valence-corrected chi connectivity index (χ1v) is 7.42. The number of hydrogen-bond acceptors (Lipinski definition) is 5. The van der Waals surface area contributed by atoms with Crippen LogP contribution in [0.3, 0.4) is 0 Å². The van der Waals surface area contributed by atoms with E-state index in [4.69, 9.17) is 0 Å². The number of nitrogens with one attached hydrogen (secondary N) is 2. The number of alkyl halides is 3. The molecular weight excluding hydrogens is 367 g/mol. The lowest BCUT2D eigenvalue weighted by molar-refractivity contribution is -0.167. The monoisotopic (exact) mass is 381 g/mol. The molecule has 0 spiro atoms. The largest absolute Gasteiger partial charge is 0.508 e. The number of phenolic OH excluding ortho intramolecular Hbond substituents is 2. The molecule has 0 aliphatic rings. The van der Waals surface area contributed by atoms with Crippen molar-refractivity contribution in [2.24, 2.45) is 5.10 Å². The predicted octanol–water partition coefficient (Wildman–Crippen LogP) is 2.75. The SMILES string of the molecule is C/C(=N/NC(=O)c1cc(O)cc(O)c1)c1ccc(NC(=O)C(F)(F)F)cc1. The number of carbonyl (C=O) groups excluding carboxylic acids is 2. The highest BCUT2D eigenvalue weighted by Crippen LogP contribution is 2.20. The normalized spacial score (nSPS) is 11.8. The van der Waals surface area contributed by atoms with Crippen molar-refractivity contribution in [1.29, 1.82) is 0 Å². The van der Waals surface area contributed by atoms with Crippen LogP contribution in [-0.4, -0.2) is 33.9 Å². The summed E-state index contributed by atoms with van der Waals surface area (Å²) in [4.78, 5) is 22.8. The average Bonchev–Trinajstić information content (AvgIpc) is 2.58. The molecule has 27 heavy (non-hydrogen) atoms. The summed E-state index contributed by atoms with van der Waals surface area (Å²) >= 11 is 0. The van der Waals surface area contributed by atoms with Gasteiger partial charge in [0.05, 0.1) is 5.71 Å². The van der Waals surface area contributed by atoms with Gasteiger partial charge in [0.25, 0.3) is 5.91 Å². The minimum Gasteiger partial charge on any atom is -0.508 e. The summed E-state index contributed by atoms with van der Waals surface area (Å²) in [6.45, 7) is 1.55. The molecule has 0 atom stereocenters. The van der Waals surface area contributed by atoms with Gasteiger partial charge >= 0.3 is 12.1 Å². The first-order chi connectivity index (χ1) is 12.6. The van der Waals surface area contributed by atoms with Crippen molar-refractivity contribution in [1.82, 2.24) is 5.43 Å². The van der Waals surface area contributed by atoms with Crippen molar-refractivity contribution in [2.75, 3.05) is 5.32 Å². The van der Waals surface area contributed by atoms with Gasteiger partial charge in [0.1, 0.15) is 11.5 Å². The Kier molecular flexibility index (Phi) is 5.69. The first kappa shape index (κ1) is 19.8. The zero-order valence-electron chi connectivity index (χ0n) is 13.8. The lowest BCUT2D eigenvalue weighted by Crippen LogP contribution is -2.29. The molecule has 0 unspecified atom stereocenters. The highest BCUT2D eigenvalue weighted by Gasteiger charge is 2.38. The fourth-order valence-corrected chi connectivity index (χ4v) is 1.99. The number of aromatic hydroxyl groups is 2. The summed E-state index contributed by atoms with van der Waals surface area (Å²) in [5.41, 5.74) is 2.98. The standard InChI is InChI=1S/C17H14F3N3O4/c1-9(22-23-15(26)11-6-13(24)8-14(25)7-11)10-2-4-12(5-3-10)21-16(27)17(18,19)20/h2-8,24-25H,1H3,(H,21,27)(H,23,26)/b22-9-. The molecule has 7 nitrogen and oxygen atoms in total. The van der Waals surface area contributed by atoms with Crippen LogP contribution in [0, 0.1) is 0 Å². The molecule has 0 radical (unpaired) electrons. The molecule has 0 aromatic heterocycles. The molecule has 10 heteroatoms. The Bertz CT molecular complexity index is 873. The summed E-state index contributed by atoms with van der Waals surface area (Å²) < 4.78 is 36.6. The van der Waals surface area contributed by atoms with Crippen molar-refractivity contribution in [3.63, 3.8) is 0 Å². The Morgan fingerprint density at radius 3 is 2.04 bits per heavy atom. The van der Waals surface area contributed by atoms with Gasteiger partial charge < -0.3 is 15.5 Å². The Labute approximate surface area is 151 Å². The first-order valence-electron chi connectivity index (χ1n) is 7.42. The number of anilines is 1. The molecule has 0 heterocycles. The van der Waals surface area contributed by atoms with Crippen LogP contribution in [-0.2, 0) is 4.79 Å². The smallest absolute Gasteiger partial charge is 0.471 e. The highest BCUT2D eigenvalue weighted by atomic mass is 19.4. The number of nitrogens with zero attached hydrogens (tertiary/aromatic N) is 1. The average molecular weight is 381 g/mol. The Balaban J connectivity index is 2.05. The van der Waals surface area contributed by atoms with E-state index in [0.717, 1.165) is 18.2 Å². The van der Waals surface area contributed by atoms with E-state index in [9.17, 15) is 33.0 Å². The lowest BCUT2D eigenvalue weighted by atomic mass is 10.1. The molecule has 0 fully saturated rings. The van der Waals surface area contributed by atoms with Crippen LogP contribution in [0.15, 0.2) is 47.6 Å². The minimum atomic E-state index is -4.99. The number of hydrogen-bond donors (Lipinski definition) is 4. The summed E-state index contributed by atoms with van der Waals surface area (Å²) in [5, 5.41) is 24.3. The molecule has 0 saturated heterocycles. The fourth-order valence-electron chi connectivity index (χ4n) is 1.99. The Morgan fingerprint density at radius 1 is 0.963 bits per heavy atom. The van der Waals surface area contributed by atoms with Crippen molar-refractivity contribution in [3.8, 4) is 11.5 Å². The van der Waals surface area contributed by atoms with E-state index < -0.39 is 18.0 Å². The number of rotatable bonds is 4. The molecule has 0 saturated carbocycles. The molecule has 2 amide bonds. The van der Waals surface area contributed by atoms with Crippen LogP contribution in [0.5, 0.6) is 11.5 Å². The second-order valence-electron chi connectivity index (χ2n) is 5.41. The van der Waals surface area contributed by atoms with Gasteiger partial charge in [-0.1, -0.05) is 12.1 Å². The van der Waals surface area contributed by atoms with Crippen LogP contribution < -0.4 is 10.7 Å². The van der Waals surface area contributed by atoms with Gasteiger partial charge in [-0.3, -0.25) is 9.59 Å². The third-order valence-corrected chi connectivity index (χ3v) is 3.31. The van der Waals surface area contributed by atoms with Gasteiger partial charge in [0.2, 0.25) is 0 Å². The van der Waals surface area contributed by atoms with Gasteiger partial charge in [-0.15, -0.1) is 0 Å². The van der Waals surface area contributed by atoms with Crippen molar-refractivity contribution >= 4 is 23.2 Å². The summed E-state index contributed by atoms with van der Waals surface area (Å²) in [7, 11) is 0. The van der Waals surface area contributed by atoms with Crippen molar-refractivity contribution < 1.29 is 33.0 Å². The van der Waals surface area contributed by atoms with E-state index in [1.807, 2.05) is 0 Å². The van der Waals surface area contributed by atoms with Crippen LogP contribution in [0.4, 0.5) is 18.9 Å². The van der Waals surface area contributed by atoms with Crippen molar-refractivity contribution in [2.45, 2.75) is 13.1 Å². The van der Waals surface area contributed by atoms with E-state index in [-0.39, 0.29) is 22.7 Å². The maximum absolute atomic E-state index is 12.2. The molecule has 2 rings (SSSR count). The van der Waals surface area contributed by atoms with E-state index >= 15 is 0 Å². The molecule has 4 N–H and O–H groups in total. The van der Waals surface area contributed by atoms with Gasteiger partial charge in [-0.05, 0) is 36.8 Å². The van der Waals surface area contributed by atoms with E-state index in [2.05, 4.69) is 10.5 Å². The second kappa shape index (κ2) is 7.77. The van der Waals surface area contributed by atoms with E-state index in [0.29, 0.717) is 11.3 Å². The van der Waals surface area contributed by atoms with Gasteiger partial charge in [-0.25, -0.2) is 5.43 Å². The number of hydrazone groups is 1. The van der Waals surface area contributed by atoms with E-state index in [1.165, 1.54) is 24.3 Å². The number of carbonyl (C=O) groups is 2. The summed E-state index contributed by atoms with van der Waals surface area (Å²) in [6.07, 6.45) is -4.99. The number of phenols is 2. The molecule has 142 valence electrons. The molecular formula is C17H14F3N3O4. The van der Waals surface area contributed by atoms with Gasteiger partial charge in [-0.2, -0.15) is 18.3 Å². The summed E-state index contributed by atoms with van der Waals surface area (Å²) in [5.74, 6) is -3.36. The zero-order chi connectivity index (χ0) is 20.2. The topological polar surface area (TPSA) is 111 Å². The molecule has 0 aliphatic heterocycles. The third-order valence-electron chi connectivity index (χ3n) is 3.31. The second-order valence-corrected chi connectivity index (χ2v) is 5.41. The van der Waals surface area contributed by atoms with Crippen LogP contribution >= 0.6 is 0 Å². The van der Waals surface area contributed by atoms with Crippen LogP contribution in [0.2, 0.25) is 0 Å². The number of benzene rings is 2. The summed E-state index contributed by atoms with van der Waals surface area (Å²) in [6, 6.07) is 8.68. The molecule has 0 bridgehead atoms. The zero-order valence-corrected chi connectivity index (χ0v) is 13.8. The quantitative estimate of drug-likeness (QED) is 0.482. The van der Waals surface area contributed by atoms with Crippen molar-refractivity contribution in [3.05, 3.63) is 53.6 Å². The Morgan fingerprint density at radius 2 is 1.52 bits per heavy atom. The number of amides is 2. The third kappa shape index (κ3) is 5.46. The highest BCUT2D eigenvalue weighted by molar-refractivity contribution is 6.01. The molecule has 2 aromatic carbocycles.